The van der Waals surface area contributed by atoms with Crippen molar-refractivity contribution in [2.24, 2.45) is 0 Å². The monoisotopic (exact) mass is 249 g/mol. The average molecular weight is 249 g/mol. The number of hydrogen-bond acceptors (Lipinski definition) is 2. The lowest BCUT2D eigenvalue weighted by molar-refractivity contribution is 0.509. The van der Waals surface area contributed by atoms with E-state index in [9.17, 15) is 8.78 Å². The van der Waals surface area contributed by atoms with Crippen molar-refractivity contribution < 1.29 is 8.78 Å². The van der Waals surface area contributed by atoms with E-state index in [4.69, 9.17) is 5.26 Å². The highest BCUT2D eigenvalue weighted by Crippen LogP contribution is 2.27. The maximum atomic E-state index is 13.3. The highest BCUT2D eigenvalue weighted by Gasteiger charge is 2.23. The van der Waals surface area contributed by atoms with Crippen molar-refractivity contribution in [3.05, 3.63) is 29.6 Å². The van der Waals surface area contributed by atoms with Crippen LogP contribution in [0.2, 0.25) is 0 Å². The maximum Gasteiger partial charge on any atom is 0.161 e. The first-order valence-electron chi connectivity index (χ1n) is 5.57. The fourth-order valence-corrected chi connectivity index (χ4v) is 1.92. The molecule has 1 aromatic carbocycles. The molecule has 0 aliphatic rings. The molecule has 0 amide bonds. The molecular weight excluding hydrogens is 236 g/mol. The third-order valence-electron chi connectivity index (χ3n) is 2.69. The van der Waals surface area contributed by atoms with Crippen LogP contribution >= 0.6 is 0 Å². The van der Waals surface area contributed by atoms with E-state index in [0.29, 0.717) is 16.9 Å². The molecule has 0 spiro atoms. The van der Waals surface area contributed by atoms with Gasteiger partial charge in [-0.3, -0.25) is 0 Å². The van der Waals surface area contributed by atoms with Crippen LogP contribution in [-0.4, -0.2) is 9.55 Å². The van der Waals surface area contributed by atoms with Gasteiger partial charge in [-0.05, 0) is 0 Å². The van der Waals surface area contributed by atoms with E-state index in [1.165, 1.54) is 0 Å². The van der Waals surface area contributed by atoms with Crippen LogP contribution in [0.3, 0.4) is 0 Å². The van der Waals surface area contributed by atoms with Gasteiger partial charge >= 0.3 is 0 Å². The van der Waals surface area contributed by atoms with Gasteiger partial charge in [0, 0.05) is 17.5 Å². The van der Waals surface area contributed by atoms with Crippen LogP contribution in [0.25, 0.3) is 11.0 Å². The molecule has 18 heavy (non-hydrogen) atoms. The largest absolute Gasteiger partial charge is 0.313 e. The fraction of sp³-hybridized carbons (Fsp3) is 0.385. The molecule has 94 valence electrons. The molecule has 0 saturated carbocycles. The number of hydrogen-bond donors (Lipinski definition) is 0. The van der Waals surface area contributed by atoms with Gasteiger partial charge in [-0.2, -0.15) is 5.26 Å². The lowest BCUT2D eigenvalue weighted by Crippen LogP contribution is -2.18. The van der Waals surface area contributed by atoms with Crippen LogP contribution < -0.4 is 0 Å². The number of aromatic nitrogens is 2. The van der Waals surface area contributed by atoms with Gasteiger partial charge in [0.1, 0.15) is 12.4 Å². The van der Waals surface area contributed by atoms with Gasteiger partial charge in [-0.15, -0.1) is 0 Å². The van der Waals surface area contributed by atoms with Gasteiger partial charge in [0.25, 0.3) is 0 Å². The van der Waals surface area contributed by atoms with Gasteiger partial charge in [0.2, 0.25) is 0 Å². The summed E-state index contributed by atoms with van der Waals surface area (Å²) in [5.74, 6) is -1.21. The third kappa shape index (κ3) is 1.94. The minimum Gasteiger partial charge on any atom is -0.313 e. The summed E-state index contributed by atoms with van der Waals surface area (Å²) in [6.45, 7) is 5.88. The summed E-state index contributed by atoms with van der Waals surface area (Å²) >= 11 is 0. The Morgan fingerprint density at radius 2 is 1.89 bits per heavy atom. The summed E-state index contributed by atoms with van der Waals surface area (Å²) in [5.41, 5.74) is 0.512. The van der Waals surface area contributed by atoms with Crippen LogP contribution in [0.5, 0.6) is 0 Å². The smallest absolute Gasteiger partial charge is 0.161 e. The van der Waals surface area contributed by atoms with Crippen LogP contribution in [0.4, 0.5) is 8.78 Å². The van der Waals surface area contributed by atoms with Gasteiger partial charge in [-0.25, -0.2) is 13.8 Å². The summed E-state index contributed by atoms with van der Waals surface area (Å²) in [5, 5.41) is 8.85. The van der Waals surface area contributed by atoms with E-state index in [-0.39, 0.29) is 12.0 Å². The lowest BCUT2D eigenvalue weighted by atomic mass is 9.96. The molecule has 0 unspecified atom stereocenters. The number of imidazole rings is 1. The third-order valence-corrected chi connectivity index (χ3v) is 2.69. The molecule has 0 bridgehead atoms. The van der Waals surface area contributed by atoms with Crippen molar-refractivity contribution in [1.29, 1.82) is 5.26 Å². The first-order chi connectivity index (χ1) is 8.34. The normalized spacial score (nSPS) is 11.8. The van der Waals surface area contributed by atoms with E-state index < -0.39 is 11.6 Å². The second-order valence-corrected chi connectivity index (χ2v) is 5.18. The van der Waals surface area contributed by atoms with Crippen molar-refractivity contribution in [2.45, 2.75) is 32.7 Å². The predicted molar refractivity (Wildman–Crippen MR) is 64.0 cm³/mol. The molecule has 0 atom stereocenters. The molecule has 1 heterocycles. The first kappa shape index (κ1) is 12.5. The van der Waals surface area contributed by atoms with E-state index in [1.54, 1.807) is 4.57 Å². The zero-order valence-electron chi connectivity index (χ0n) is 10.5. The number of fused-ring (bicyclic) bond motifs is 1. The minimum absolute atomic E-state index is 0.0637. The molecule has 2 rings (SSSR count). The Balaban J connectivity index is 2.80. The van der Waals surface area contributed by atoms with E-state index in [2.05, 4.69) is 4.98 Å². The average Bonchev–Trinajstić information content (AvgIpc) is 2.58. The summed E-state index contributed by atoms with van der Waals surface area (Å²) in [6, 6.07) is 4.17. The number of benzene rings is 1. The maximum absolute atomic E-state index is 13.3. The van der Waals surface area contributed by atoms with E-state index in [0.717, 1.165) is 12.1 Å². The number of nitrogens with zero attached hydrogens (tertiary/aromatic N) is 3. The molecule has 0 saturated heterocycles. The molecule has 0 radical (unpaired) electrons. The highest BCUT2D eigenvalue weighted by molar-refractivity contribution is 5.76. The summed E-state index contributed by atoms with van der Waals surface area (Å²) in [7, 11) is 0. The predicted octanol–water partition coefficient (Wildman–Crippen LogP) is 3.14. The second-order valence-electron chi connectivity index (χ2n) is 5.18. The van der Waals surface area contributed by atoms with Crippen LogP contribution in [-0.2, 0) is 12.0 Å². The molecule has 5 heteroatoms. The zero-order valence-corrected chi connectivity index (χ0v) is 10.5. The lowest BCUT2D eigenvalue weighted by Gasteiger charge is -2.18. The number of rotatable bonds is 1. The zero-order chi connectivity index (χ0) is 13.5. The van der Waals surface area contributed by atoms with Crippen molar-refractivity contribution in [3.8, 4) is 6.07 Å². The molecule has 2 aromatic rings. The van der Waals surface area contributed by atoms with Gasteiger partial charge in [0.15, 0.2) is 11.6 Å². The Kier molecular flexibility index (Phi) is 2.81. The SMILES string of the molecule is CC(C)(C)c1nc2cc(F)c(F)cc2n1CC#N. The van der Waals surface area contributed by atoms with Crippen LogP contribution in [0.15, 0.2) is 12.1 Å². The summed E-state index contributed by atoms with van der Waals surface area (Å²) < 4.78 is 28.1. The van der Waals surface area contributed by atoms with Gasteiger partial charge in [0.05, 0.1) is 17.1 Å². The molecule has 3 nitrogen and oxygen atoms in total. The number of nitriles is 1. The topological polar surface area (TPSA) is 41.6 Å². The Morgan fingerprint density at radius 1 is 1.28 bits per heavy atom. The Bertz CT molecular complexity index is 645. The fourth-order valence-electron chi connectivity index (χ4n) is 1.92. The molecule has 1 aromatic heterocycles. The Morgan fingerprint density at radius 3 is 2.44 bits per heavy atom. The highest BCUT2D eigenvalue weighted by atomic mass is 19.2. The van der Waals surface area contributed by atoms with Crippen molar-refractivity contribution in [1.82, 2.24) is 9.55 Å². The van der Waals surface area contributed by atoms with Crippen molar-refractivity contribution in [2.75, 3.05) is 0 Å². The summed E-state index contributed by atoms with van der Waals surface area (Å²) in [4.78, 5) is 4.31. The van der Waals surface area contributed by atoms with E-state index in [1.807, 2.05) is 26.8 Å². The van der Waals surface area contributed by atoms with Crippen LogP contribution in [0, 0.1) is 23.0 Å². The van der Waals surface area contributed by atoms with Crippen molar-refractivity contribution in [3.63, 3.8) is 0 Å². The molecule has 0 aliphatic heterocycles. The minimum atomic E-state index is -0.929. The Labute approximate surface area is 104 Å². The Hall–Kier alpha value is -1.96. The standard InChI is InChI=1S/C13H13F2N3/c1-13(2,3)12-17-10-6-8(14)9(15)7-11(10)18(12)5-4-16/h6-7H,5H2,1-3H3. The first-order valence-corrected chi connectivity index (χ1v) is 5.57. The quantitative estimate of drug-likeness (QED) is 0.779. The number of halogens is 2. The van der Waals surface area contributed by atoms with Crippen LogP contribution in [0.1, 0.15) is 26.6 Å². The summed E-state index contributed by atoms with van der Waals surface area (Å²) in [6.07, 6.45) is 0. The van der Waals surface area contributed by atoms with Gasteiger partial charge in [-0.1, -0.05) is 20.8 Å². The molecule has 0 fully saturated rings. The molecule has 0 aliphatic carbocycles. The van der Waals surface area contributed by atoms with Crippen molar-refractivity contribution >= 4 is 11.0 Å². The second kappa shape index (κ2) is 4.05. The van der Waals surface area contributed by atoms with Gasteiger partial charge < -0.3 is 4.57 Å². The van der Waals surface area contributed by atoms with E-state index >= 15 is 0 Å². The molecular formula is C13H13F2N3. The molecule has 0 N–H and O–H groups in total.